The molecule has 0 saturated heterocycles. The van der Waals surface area contributed by atoms with E-state index >= 15 is 0 Å². The van der Waals surface area contributed by atoms with Crippen molar-refractivity contribution in [3.63, 3.8) is 0 Å². The third kappa shape index (κ3) is 4.33. The average Bonchev–Trinajstić information content (AvgIpc) is 2.82. The largest absolute Gasteiger partial charge is 0.447 e. The SMILES string of the molecule is CCCN(C(C)C)S(=O)(=O)c1ccc(CNC(C)C)o1. The van der Waals surface area contributed by atoms with E-state index in [1.165, 1.54) is 10.4 Å². The Hall–Kier alpha value is -0.850. The summed E-state index contributed by atoms with van der Waals surface area (Å²) in [6, 6.07) is 3.50. The van der Waals surface area contributed by atoms with Gasteiger partial charge >= 0.3 is 0 Å². The Balaban J connectivity index is 2.92. The van der Waals surface area contributed by atoms with Crippen LogP contribution in [0.15, 0.2) is 21.6 Å². The normalized spacial score (nSPS) is 12.8. The predicted molar refractivity (Wildman–Crippen MR) is 80.0 cm³/mol. The highest BCUT2D eigenvalue weighted by Gasteiger charge is 2.29. The highest BCUT2D eigenvalue weighted by atomic mass is 32.2. The maximum Gasteiger partial charge on any atom is 0.276 e. The van der Waals surface area contributed by atoms with Crippen LogP contribution in [0.4, 0.5) is 0 Å². The van der Waals surface area contributed by atoms with Crippen LogP contribution in [0.3, 0.4) is 0 Å². The summed E-state index contributed by atoms with van der Waals surface area (Å²) in [4.78, 5) is 0. The molecule has 116 valence electrons. The molecule has 0 radical (unpaired) electrons. The molecule has 0 unspecified atom stereocenters. The fraction of sp³-hybridized carbons (Fsp3) is 0.714. The van der Waals surface area contributed by atoms with Crippen LogP contribution in [0.5, 0.6) is 0 Å². The zero-order valence-corrected chi connectivity index (χ0v) is 13.8. The van der Waals surface area contributed by atoms with E-state index in [0.717, 1.165) is 6.42 Å². The van der Waals surface area contributed by atoms with Gasteiger partial charge in [0.25, 0.3) is 10.0 Å². The summed E-state index contributed by atoms with van der Waals surface area (Å²) in [7, 11) is -3.54. The Morgan fingerprint density at radius 3 is 2.40 bits per heavy atom. The van der Waals surface area contributed by atoms with Crippen LogP contribution in [0.2, 0.25) is 0 Å². The van der Waals surface area contributed by atoms with Gasteiger partial charge in [0.15, 0.2) is 0 Å². The molecule has 0 amide bonds. The lowest BCUT2D eigenvalue weighted by atomic mass is 10.3. The highest BCUT2D eigenvalue weighted by molar-refractivity contribution is 7.89. The highest BCUT2D eigenvalue weighted by Crippen LogP contribution is 2.21. The van der Waals surface area contributed by atoms with Gasteiger partial charge in [-0.1, -0.05) is 20.8 Å². The minimum atomic E-state index is -3.54. The fourth-order valence-corrected chi connectivity index (χ4v) is 3.55. The monoisotopic (exact) mass is 302 g/mol. The first kappa shape index (κ1) is 17.2. The Kier molecular flexibility index (Phi) is 6.23. The van der Waals surface area contributed by atoms with Gasteiger partial charge in [0.05, 0.1) is 6.54 Å². The van der Waals surface area contributed by atoms with E-state index in [9.17, 15) is 8.42 Å². The summed E-state index contributed by atoms with van der Waals surface area (Å²) >= 11 is 0. The Morgan fingerprint density at radius 1 is 1.25 bits per heavy atom. The number of rotatable bonds is 8. The van der Waals surface area contributed by atoms with Crippen molar-refractivity contribution in [1.29, 1.82) is 0 Å². The first-order valence-corrected chi connectivity index (χ1v) is 8.57. The molecular weight excluding hydrogens is 276 g/mol. The van der Waals surface area contributed by atoms with Crippen molar-refractivity contribution in [2.24, 2.45) is 0 Å². The number of furan rings is 1. The molecule has 1 rings (SSSR count). The molecule has 1 N–H and O–H groups in total. The van der Waals surface area contributed by atoms with Crippen molar-refractivity contribution in [3.8, 4) is 0 Å². The molecular formula is C14H26N2O3S. The lowest BCUT2D eigenvalue weighted by molar-refractivity contribution is 0.328. The van der Waals surface area contributed by atoms with Gasteiger partial charge in [-0.05, 0) is 32.4 Å². The smallest absolute Gasteiger partial charge is 0.276 e. The second-order valence-electron chi connectivity index (χ2n) is 5.47. The van der Waals surface area contributed by atoms with E-state index in [1.807, 2.05) is 34.6 Å². The standard InChI is InChI=1S/C14H26N2O3S/c1-6-9-16(12(4)5)20(17,18)14-8-7-13(19-14)10-15-11(2)3/h7-8,11-12,15H,6,9-10H2,1-5H3. The number of hydrogen-bond donors (Lipinski definition) is 1. The van der Waals surface area contributed by atoms with Crippen molar-refractivity contribution in [3.05, 3.63) is 17.9 Å². The minimum absolute atomic E-state index is 0.0280. The van der Waals surface area contributed by atoms with E-state index < -0.39 is 10.0 Å². The Labute approximate surface area is 122 Å². The van der Waals surface area contributed by atoms with E-state index in [0.29, 0.717) is 24.9 Å². The lowest BCUT2D eigenvalue weighted by Crippen LogP contribution is -2.37. The summed E-state index contributed by atoms with van der Waals surface area (Å²) in [5, 5.41) is 3.23. The van der Waals surface area contributed by atoms with Crippen LogP contribution in [0.25, 0.3) is 0 Å². The molecule has 0 aliphatic heterocycles. The summed E-state index contributed by atoms with van der Waals surface area (Å²) in [6.45, 7) is 10.8. The molecule has 0 spiro atoms. The average molecular weight is 302 g/mol. The molecule has 0 aliphatic carbocycles. The zero-order chi connectivity index (χ0) is 15.3. The van der Waals surface area contributed by atoms with Gasteiger partial charge in [-0.2, -0.15) is 4.31 Å². The maximum absolute atomic E-state index is 12.5. The number of hydrogen-bond acceptors (Lipinski definition) is 4. The van der Waals surface area contributed by atoms with Gasteiger partial charge in [0.1, 0.15) is 5.76 Å². The molecule has 6 heteroatoms. The van der Waals surface area contributed by atoms with Crippen LogP contribution < -0.4 is 5.32 Å². The van der Waals surface area contributed by atoms with Crippen molar-refractivity contribution in [2.75, 3.05) is 6.54 Å². The Morgan fingerprint density at radius 2 is 1.90 bits per heavy atom. The van der Waals surface area contributed by atoms with Crippen LogP contribution in [0.1, 0.15) is 46.8 Å². The molecule has 20 heavy (non-hydrogen) atoms. The fourth-order valence-electron chi connectivity index (χ4n) is 1.89. The summed E-state index contributed by atoms with van der Waals surface area (Å²) in [6.07, 6.45) is 0.778. The van der Waals surface area contributed by atoms with E-state index in [-0.39, 0.29) is 11.1 Å². The molecule has 0 bridgehead atoms. The summed E-state index contributed by atoms with van der Waals surface area (Å²) < 4.78 is 32.0. The molecule has 0 aliphatic rings. The molecule has 5 nitrogen and oxygen atoms in total. The van der Waals surface area contributed by atoms with E-state index in [2.05, 4.69) is 5.32 Å². The number of nitrogens with zero attached hydrogens (tertiary/aromatic N) is 1. The van der Waals surface area contributed by atoms with Gasteiger partial charge in [0, 0.05) is 18.6 Å². The zero-order valence-electron chi connectivity index (χ0n) is 13.0. The van der Waals surface area contributed by atoms with E-state index in [4.69, 9.17) is 4.42 Å². The second-order valence-corrected chi connectivity index (χ2v) is 7.29. The number of nitrogens with one attached hydrogen (secondary N) is 1. The van der Waals surface area contributed by atoms with Gasteiger partial charge in [0.2, 0.25) is 5.09 Å². The quantitative estimate of drug-likeness (QED) is 0.801. The molecule has 1 aromatic rings. The van der Waals surface area contributed by atoms with Gasteiger partial charge in [-0.25, -0.2) is 8.42 Å². The topological polar surface area (TPSA) is 62.6 Å². The van der Waals surface area contributed by atoms with Crippen LogP contribution in [0, 0.1) is 0 Å². The van der Waals surface area contributed by atoms with Crippen molar-refractivity contribution >= 4 is 10.0 Å². The van der Waals surface area contributed by atoms with Crippen molar-refractivity contribution < 1.29 is 12.8 Å². The Bertz CT molecular complexity index is 506. The first-order chi connectivity index (χ1) is 9.28. The molecule has 1 aromatic heterocycles. The number of sulfonamides is 1. The lowest BCUT2D eigenvalue weighted by Gasteiger charge is -2.23. The third-order valence-electron chi connectivity index (χ3n) is 2.90. The summed E-state index contributed by atoms with van der Waals surface area (Å²) in [5.41, 5.74) is 0. The molecule has 0 fully saturated rings. The minimum Gasteiger partial charge on any atom is -0.447 e. The van der Waals surface area contributed by atoms with Gasteiger partial charge < -0.3 is 9.73 Å². The van der Waals surface area contributed by atoms with Crippen LogP contribution in [-0.2, 0) is 16.6 Å². The van der Waals surface area contributed by atoms with Crippen molar-refractivity contribution in [1.82, 2.24) is 9.62 Å². The van der Waals surface area contributed by atoms with E-state index in [1.54, 1.807) is 6.07 Å². The molecule has 0 aromatic carbocycles. The second kappa shape index (κ2) is 7.24. The molecule has 0 atom stereocenters. The first-order valence-electron chi connectivity index (χ1n) is 7.13. The molecule has 0 saturated carbocycles. The summed E-state index contributed by atoms with van der Waals surface area (Å²) in [5.74, 6) is 0.637. The van der Waals surface area contributed by atoms with Crippen molar-refractivity contribution in [2.45, 2.75) is 64.8 Å². The predicted octanol–water partition coefficient (Wildman–Crippen LogP) is 2.59. The van der Waals surface area contributed by atoms with Crippen LogP contribution >= 0.6 is 0 Å². The maximum atomic E-state index is 12.5. The van der Waals surface area contributed by atoms with Crippen LogP contribution in [-0.4, -0.2) is 31.4 Å². The van der Waals surface area contributed by atoms with Gasteiger partial charge in [-0.3, -0.25) is 0 Å². The molecule has 1 heterocycles. The third-order valence-corrected chi connectivity index (χ3v) is 4.85. The van der Waals surface area contributed by atoms with Gasteiger partial charge in [-0.15, -0.1) is 0 Å².